The fraction of sp³-hybridized carbons (Fsp3) is 0.538. The fourth-order valence-electron chi connectivity index (χ4n) is 3.86. The van der Waals surface area contributed by atoms with E-state index in [2.05, 4.69) is 21.0 Å². The minimum absolute atomic E-state index is 0.0528. The van der Waals surface area contributed by atoms with Gasteiger partial charge in [-0.15, -0.1) is 10.2 Å². The van der Waals surface area contributed by atoms with E-state index in [0.717, 1.165) is 43.1 Å². The molecule has 5 rings (SSSR count). The van der Waals surface area contributed by atoms with Crippen LogP contribution >= 0.6 is 11.6 Å². The normalized spacial score (nSPS) is 34.6. The first kappa shape index (κ1) is 10.8. The Morgan fingerprint density at radius 2 is 2.11 bits per heavy atom. The molecule has 2 bridgehead atoms. The fourth-order valence-corrected chi connectivity index (χ4v) is 4.01. The number of fused-ring (bicyclic) bond motifs is 3. The first-order valence-corrected chi connectivity index (χ1v) is 6.71. The van der Waals surface area contributed by atoms with Crippen LogP contribution in [0.1, 0.15) is 32.1 Å². The van der Waals surface area contributed by atoms with Crippen LogP contribution in [0.15, 0.2) is 18.3 Å². The second-order valence-electron chi connectivity index (χ2n) is 5.79. The number of hydrogen-bond acceptors (Lipinski definition) is 3. The average Bonchev–Trinajstić information content (AvgIpc) is 2.70. The van der Waals surface area contributed by atoms with Crippen LogP contribution in [-0.4, -0.2) is 25.5 Å². The van der Waals surface area contributed by atoms with Gasteiger partial charge in [-0.05, 0) is 44.2 Å². The molecule has 2 aromatic rings. The molecular formula is C13H14ClN3O. The molecule has 0 aliphatic heterocycles. The Hall–Kier alpha value is -1.13. The Morgan fingerprint density at radius 3 is 2.89 bits per heavy atom. The molecule has 0 atom stereocenters. The van der Waals surface area contributed by atoms with Crippen molar-refractivity contribution in [3.8, 4) is 0 Å². The molecule has 0 aromatic carbocycles. The van der Waals surface area contributed by atoms with E-state index in [-0.39, 0.29) is 5.54 Å². The monoisotopic (exact) mass is 263 g/mol. The minimum Gasteiger partial charge on any atom is -0.390 e. The summed E-state index contributed by atoms with van der Waals surface area (Å²) in [6.07, 6.45) is 6.87. The number of rotatable bonds is 1. The molecule has 1 N–H and O–H groups in total. The Labute approximate surface area is 110 Å². The van der Waals surface area contributed by atoms with Gasteiger partial charge >= 0.3 is 0 Å². The van der Waals surface area contributed by atoms with Gasteiger partial charge in [0.2, 0.25) is 0 Å². The smallest absolute Gasteiger partial charge is 0.163 e. The second kappa shape index (κ2) is 3.25. The molecule has 94 valence electrons. The van der Waals surface area contributed by atoms with Crippen LogP contribution in [0.3, 0.4) is 0 Å². The molecule has 3 aliphatic rings. The molecule has 18 heavy (non-hydrogen) atoms. The number of aliphatic hydroxyl groups is 1. The SMILES string of the molecule is OC12CCCC(n3ccc4cc(Cl)nnc43)(C1)C2. The third-order valence-corrected chi connectivity index (χ3v) is 4.70. The van der Waals surface area contributed by atoms with E-state index in [9.17, 15) is 5.11 Å². The number of aromatic nitrogens is 3. The largest absolute Gasteiger partial charge is 0.390 e. The number of hydrogen-bond donors (Lipinski definition) is 1. The molecule has 3 fully saturated rings. The summed E-state index contributed by atoms with van der Waals surface area (Å²) in [6.45, 7) is 0. The summed E-state index contributed by atoms with van der Waals surface area (Å²) in [5.41, 5.74) is 0.495. The quantitative estimate of drug-likeness (QED) is 0.860. The molecule has 5 heteroatoms. The highest BCUT2D eigenvalue weighted by Crippen LogP contribution is 2.57. The van der Waals surface area contributed by atoms with Crippen LogP contribution in [0.2, 0.25) is 5.15 Å². The highest BCUT2D eigenvalue weighted by atomic mass is 35.5. The van der Waals surface area contributed by atoms with Crippen LogP contribution < -0.4 is 0 Å². The van der Waals surface area contributed by atoms with Crippen molar-refractivity contribution in [3.63, 3.8) is 0 Å². The molecule has 0 radical (unpaired) electrons. The van der Waals surface area contributed by atoms with Crippen molar-refractivity contribution in [1.29, 1.82) is 0 Å². The van der Waals surface area contributed by atoms with Crippen molar-refractivity contribution in [3.05, 3.63) is 23.5 Å². The summed E-state index contributed by atoms with van der Waals surface area (Å²) < 4.78 is 2.19. The molecule has 0 saturated heterocycles. The lowest BCUT2D eigenvalue weighted by atomic mass is 9.56. The van der Waals surface area contributed by atoms with Crippen molar-refractivity contribution in [2.45, 2.75) is 43.2 Å². The van der Waals surface area contributed by atoms with Crippen LogP contribution in [0, 0.1) is 0 Å². The first-order chi connectivity index (χ1) is 8.60. The zero-order valence-corrected chi connectivity index (χ0v) is 10.7. The molecular weight excluding hydrogens is 250 g/mol. The second-order valence-corrected chi connectivity index (χ2v) is 6.17. The standard InChI is InChI=1S/C13H14ClN3O/c14-10-6-9-2-5-17(11(9)16-15-10)12-3-1-4-13(18,7-12)8-12/h2,5-6,18H,1,3-4,7-8H2. The molecule has 3 saturated carbocycles. The topological polar surface area (TPSA) is 50.9 Å². The van der Waals surface area contributed by atoms with E-state index >= 15 is 0 Å². The maximum absolute atomic E-state index is 10.3. The lowest BCUT2D eigenvalue weighted by Crippen LogP contribution is -2.60. The zero-order valence-electron chi connectivity index (χ0n) is 9.93. The van der Waals surface area contributed by atoms with Crippen LogP contribution in [-0.2, 0) is 5.54 Å². The molecule has 3 aliphatic carbocycles. The average molecular weight is 264 g/mol. The van der Waals surface area contributed by atoms with Gasteiger partial charge in [0.1, 0.15) is 0 Å². The van der Waals surface area contributed by atoms with Crippen molar-refractivity contribution < 1.29 is 5.11 Å². The van der Waals surface area contributed by atoms with Gasteiger partial charge in [-0.1, -0.05) is 11.6 Å². The zero-order chi connectivity index (χ0) is 12.4. The van der Waals surface area contributed by atoms with Crippen LogP contribution in [0.4, 0.5) is 0 Å². The molecule has 2 aromatic heterocycles. The van der Waals surface area contributed by atoms with Gasteiger partial charge in [-0.25, -0.2) is 0 Å². The Bertz CT molecular complexity index is 630. The van der Waals surface area contributed by atoms with E-state index in [1.54, 1.807) is 0 Å². The van der Waals surface area contributed by atoms with Crippen molar-refractivity contribution in [2.24, 2.45) is 0 Å². The summed E-state index contributed by atoms with van der Waals surface area (Å²) >= 11 is 5.86. The summed E-state index contributed by atoms with van der Waals surface area (Å²) in [5, 5.41) is 19.8. The van der Waals surface area contributed by atoms with Gasteiger partial charge in [0.05, 0.1) is 11.1 Å². The van der Waals surface area contributed by atoms with Gasteiger partial charge in [0, 0.05) is 11.6 Å². The van der Waals surface area contributed by atoms with Crippen LogP contribution in [0.25, 0.3) is 11.0 Å². The molecule has 2 heterocycles. The van der Waals surface area contributed by atoms with Crippen molar-refractivity contribution in [1.82, 2.24) is 14.8 Å². The molecule has 4 nitrogen and oxygen atoms in total. The summed E-state index contributed by atoms with van der Waals surface area (Å²) in [5.74, 6) is 0. The lowest BCUT2D eigenvalue weighted by molar-refractivity contribution is -0.154. The lowest BCUT2D eigenvalue weighted by Gasteiger charge is -2.58. The summed E-state index contributed by atoms with van der Waals surface area (Å²) in [4.78, 5) is 0. The minimum atomic E-state index is -0.436. The van der Waals surface area contributed by atoms with E-state index in [1.807, 2.05) is 12.1 Å². The molecule has 0 amide bonds. The maximum Gasteiger partial charge on any atom is 0.163 e. The maximum atomic E-state index is 10.3. The predicted octanol–water partition coefficient (Wildman–Crippen LogP) is 2.49. The van der Waals surface area contributed by atoms with Crippen LogP contribution in [0.5, 0.6) is 0 Å². The third kappa shape index (κ3) is 1.30. The van der Waals surface area contributed by atoms with Crippen molar-refractivity contribution in [2.75, 3.05) is 0 Å². The van der Waals surface area contributed by atoms with Gasteiger partial charge in [-0.3, -0.25) is 0 Å². The third-order valence-electron chi connectivity index (χ3n) is 4.52. The predicted molar refractivity (Wildman–Crippen MR) is 68.5 cm³/mol. The van der Waals surface area contributed by atoms with Gasteiger partial charge in [0.25, 0.3) is 0 Å². The number of halogens is 1. The van der Waals surface area contributed by atoms with Crippen molar-refractivity contribution >= 4 is 22.6 Å². The Balaban J connectivity index is 1.84. The highest BCUT2D eigenvalue weighted by molar-refractivity contribution is 6.29. The Morgan fingerprint density at radius 1 is 1.28 bits per heavy atom. The summed E-state index contributed by atoms with van der Waals surface area (Å²) in [6, 6.07) is 3.86. The van der Waals surface area contributed by atoms with Gasteiger partial charge in [-0.2, -0.15) is 0 Å². The molecule has 0 unspecified atom stereocenters. The van der Waals surface area contributed by atoms with E-state index in [1.165, 1.54) is 0 Å². The Kier molecular flexibility index (Phi) is 1.94. The van der Waals surface area contributed by atoms with E-state index in [4.69, 9.17) is 11.6 Å². The number of nitrogens with zero attached hydrogens (tertiary/aromatic N) is 3. The van der Waals surface area contributed by atoms with Gasteiger partial charge in [0.15, 0.2) is 10.8 Å². The first-order valence-electron chi connectivity index (χ1n) is 6.34. The van der Waals surface area contributed by atoms with Gasteiger partial charge < -0.3 is 9.67 Å². The van der Waals surface area contributed by atoms with E-state index < -0.39 is 5.60 Å². The van der Waals surface area contributed by atoms with E-state index in [0.29, 0.717) is 5.15 Å². The highest BCUT2D eigenvalue weighted by Gasteiger charge is 2.57. The summed E-state index contributed by atoms with van der Waals surface area (Å²) in [7, 11) is 0. The molecule has 0 spiro atoms.